The first-order valence-corrected chi connectivity index (χ1v) is 4.92. The third-order valence-electron chi connectivity index (χ3n) is 2.70. The fourth-order valence-electron chi connectivity index (χ4n) is 1.58. The van der Waals surface area contributed by atoms with Crippen LogP contribution in [0.3, 0.4) is 0 Å². The molecule has 0 aliphatic heterocycles. The van der Waals surface area contributed by atoms with Crippen molar-refractivity contribution >= 4 is 0 Å². The van der Waals surface area contributed by atoms with Crippen molar-refractivity contribution in [2.24, 2.45) is 5.41 Å². The molecule has 0 spiro atoms. The van der Waals surface area contributed by atoms with Crippen LogP contribution in [-0.4, -0.2) is 24.5 Å². The molecule has 0 N–H and O–H groups in total. The zero-order valence-electron chi connectivity index (χ0n) is 8.19. The van der Waals surface area contributed by atoms with Crippen LogP contribution in [0.5, 0.6) is 0 Å². The van der Waals surface area contributed by atoms with E-state index in [1.807, 2.05) is 0 Å². The maximum Gasteiger partial charge on any atom is 0.00352 e. The highest BCUT2D eigenvalue weighted by Crippen LogP contribution is 2.45. The summed E-state index contributed by atoms with van der Waals surface area (Å²) < 4.78 is 0. The topological polar surface area (TPSA) is 3.24 Å². The molecule has 1 rings (SSSR count). The van der Waals surface area contributed by atoms with Crippen molar-refractivity contribution in [2.45, 2.75) is 40.0 Å². The van der Waals surface area contributed by atoms with Gasteiger partial charge in [0.15, 0.2) is 0 Å². The van der Waals surface area contributed by atoms with E-state index in [2.05, 4.69) is 25.7 Å². The standard InChI is InChI=1S/C10H21N/c1-4-8-11(5-2)9-10(3)6-7-10/h4-9H2,1-3H3. The van der Waals surface area contributed by atoms with Crippen molar-refractivity contribution in [1.82, 2.24) is 4.90 Å². The zero-order chi connectivity index (χ0) is 8.32. The van der Waals surface area contributed by atoms with E-state index in [1.54, 1.807) is 0 Å². The minimum absolute atomic E-state index is 0.700. The maximum atomic E-state index is 2.58. The largest absolute Gasteiger partial charge is 0.303 e. The average molecular weight is 155 g/mol. The molecule has 11 heavy (non-hydrogen) atoms. The van der Waals surface area contributed by atoms with Crippen molar-refractivity contribution in [1.29, 1.82) is 0 Å². The molecule has 0 radical (unpaired) electrons. The van der Waals surface area contributed by atoms with Gasteiger partial charge in [0.1, 0.15) is 0 Å². The van der Waals surface area contributed by atoms with Gasteiger partial charge in [0.05, 0.1) is 0 Å². The molecule has 0 bridgehead atoms. The summed E-state index contributed by atoms with van der Waals surface area (Å²) in [6, 6.07) is 0. The fourth-order valence-corrected chi connectivity index (χ4v) is 1.58. The molecular weight excluding hydrogens is 134 g/mol. The monoisotopic (exact) mass is 155 g/mol. The van der Waals surface area contributed by atoms with E-state index in [-0.39, 0.29) is 0 Å². The van der Waals surface area contributed by atoms with Crippen molar-refractivity contribution in [2.75, 3.05) is 19.6 Å². The molecule has 1 saturated carbocycles. The Bertz CT molecular complexity index is 116. The lowest BCUT2D eigenvalue weighted by molar-refractivity contribution is 0.239. The lowest BCUT2D eigenvalue weighted by atomic mass is 10.1. The molecule has 0 aromatic rings. The third kappa shape index (κ3) is 2.82. The molecule has 1 fully saturated rings. The van der Waals surface area contributed by atoms with Gasteiger partial charge in [0, 0.05) is 6.54 Å². The third-order valence-corrected chi connectivity index (χ3v) is 2.70. The quantitative estimate of drug-likeness (QED) is 0.589. The van der Waals surface area contributed by atoms with Gasteiger partial charge in [0.2, 0.25) is 0 Å². The van der Waals surface area contributed by atoms with Gasteiger partial charge in [-0.1, -0.05) is 20.8 Å². The van der Waals surface area contributed by atoms with Gasteiger partial charge in [-0.2, -0.15) is 0 Å². The van der Waals surface area contributed by atoms with Crippen LogP contribution in [0.2, 0.25) is 0 Å². The van der Waals surface area contributed by atoms with Crippen LogP contribution in [0.1, 0.15) is 40.0 Å². The summed E-state index contributed by atoms with van der Waals surface area (Å²) in [7, 11) is 0. The average Bonchev–Trinajstić information content (AvgIpc) is 2.68. The van der Waals surface area contributed by atoms with Gasteiger partial charge in [-0.05, 0) is 37.8 Å². The molecule has 0 aromatic heterocycles. The number of nitrogens with zero attached hydrogens (tertiary/aromatic N) is 1. The highest BCUT2D eigenvalue weighted by molar-refractivity contribution is 4.90. The van der Waals surface area contributed by atoms with Crippen LogP contribution in [-0.2, 0) is 0 Å². The molecule has 1 nitrogen and oxygen atoms in total. The lowest BCUT2D eigenvalue weighted by Crippen LogP contribution is -2.29. The SMILES string of the molecule is CCCN(CC)CC1(C)CC1. The van der Waals surface area contributed by atoms with Crippen LogP contribution in [0.25, 0.3) is 0 Å². The predicted molar refractivity (Wildman–Crippen MR) is 49.7 cm³/mol. The van der Waals surface area contributed by atoms with E-state index >= 15 is 0 Å². The first kappa shape index (κ1) is 9.05. The molecule has 1 heteroatoms. The van der Waals surface area contributed by atoms with Crippen LogP contribution in [0.15, 0.2) is 0 Å². The number of rotatable bonds is 5. The lowest BCUT2D eigenvalue weighted by Gasteiger charge is -2.23. The molecule has 0 amide bonds. The summed E-state index contributed by atoms with van der Waals surface area (Å²) in [6.45, 7) is 10.8. The molecule has 0 unspecified atom stereocenters. The van der Waals surface area contributed by atoms with Crippen molar-refractivity contribution in [3.8, 4) is 0 Å². The van der Waals surface area contributed by atoms with E-state index < -0.39 is 0 Å². The minimum Gasteiger partial charge on any atom is -0.303 e. The number of hydrogen-bond acceptors (Lipinski definition) is 1. The van der Waals surface area contributed by atoms with Crippen molar-refractivity contribution < 1.29 is 0 Å². The van der Waals surface area contributed by atoms with E-state index in [1.165, 1.54) is 38.9 Å². The summed E-state index contributed by atoms with van der Waals surface area (Å²) in [5, 5.41) is 0. The van der Waals surface area contributed by atoms with E-state index in [0.717, 1.165) is 0 Å². The normalized spacial score (nSPS) is 20.7. The molecule has 0 atom stereocenters. The molecule has 66 valence electrons. The summed E-state index contributed by atoms with van der Waals surface area (Å²) in [5.41, 5.74) is 0.700. The van der Waals surface area contributed by atoms with Crippen LogP contribution in [0, 0.1) is 5.41 Å². The Kier molecular flexibility index (Phi) is 2.94. The summed E-state index contributed by atoms with van der Waals surface area (Å²) in [6.07, 6.45) is 4.20. The van der Waals surface area contributed by atoms with Crippen LogP contribution in [0.4, 0.5) is 0 Å². The second kappa shape index (κ2) is 3.57. The van der Waals surface area contributed by atoms with Gasteiger partial charge >= 0.3 is 0 Å². The van der Waals surface area contributed by atoms with Crippen LogP contribution < -0.4 is 0 Å². The second-order valence-corrected chi connectivity index (χ2v) is 4.18. The van der Waals surface area contributed by atoms with E-state index in [4.69, 9.17) is 0 Å². The van der Waals surface area contributed by atoms with Gasteiger partial charge in [-0.25, -0.2) is 0 Å². The van der Waals surface area contributed by atoms with E-state index in [9.17, 15) is 0 Å². The van der Waals surface area contributed by atoms with Crippen LogP contribution >= 0.6 is 0 Å². The molecule has 0 heterocycles. The van der Waals surface area contributed by atoms with Crippen molar-refractivity contribution in [3.63, 3.8) is 0 Å². The Balaban J connectivity index is 2.20. The molecule has 1 aliphatic carbocycles. The first-order chi connectivity index (χ1) is 5.20. The zero-order valence-corrected chi connectivity index (χ0v) is 8.19. The molecule has 0 aromatic carbocycles. The fraction of sp³-hybridized carbons (Fsp3) is 1.00. The molecule has 1 aliphatic rings. The smallest absolute Gasteiger partial charge is 0.00352 e. The molecular formula is C10H21N. The Morgan fingerprint density at radius 3 is 2.27 bits per heavy atom. The van der Waals surface area contributed by atoms with Gasteiger partial charge in [0.25, 0.3) is 0 Å². The van der Waals surface area contributed by atoms with Gasteiger partial charge < -0.3 is 4.90 Å². The minimum atomic E-state index is 0.700. The van der Waals surface area contributed by atoms with Crippen molar-refractivity contribution in [3.05, 3.63) is 0 Å². The van der Waals surface area contributed by atoms with E-state index in [0.29, 0.717) is 5.41 Å². The molecule has 0 saturated heterocycles. The first-order valence-electron chi connectivity index (χ1n) is 4.92. The summed E-state index contributed by atoms with van der Waals surface area (Å²) in [5.74, 6) is 0. The highest BCUT2D eigenvalue weighted by atomic mass is 15.1. The van der Waals surface area contributed by atoms with Gasteiger partial charge in [-0.3, -0.25) is 0 Å². The Morgan fingerprint density at radius 2 is 1.91 bits per heavy atom. The Labute approximate surface area is 70.8 Å². The Morgan fingerprint density at radius 1 is 1.27 bits per heavy atom. The number of hydrogen-bond donors (Lipinski definition) is 0. The predicted octanol–water partition coefficient (Wildman–Crippen LogP) is 2.52. The summed E-state index contributed by atoms with van der Waals surface area (Å²) >= 11 is 0. The Hall–Kier alpha value is -0.0400. The second-order valence-electron chi connectivity index (χ2n) is 4.18. The highest BCUT2D eigenvalue weighted by Gasteiger charge is 2.38. The maximum absolute atomic E-state index is 2.58. The van der Waals surface area contributed by atoms with Gasteiger partial charge in [-0.15, -0.1) is 0 Å². The summed E-state index contributed by atoms with van der Waals surface area (Å²) in [4.78, 5) is 2.58.